The Kier molecular flexibility index (Phi) is 3.10. The van der Waals surface area contributed by atoms with E-state index >= 15 is 0 Å². The quantitative estimate of drug-likeness (QED) is 0.756. The van der Waals surface area contributed by atoms with E-state index < -0.39 is 0 Å². The van der Waals surface area contributed by atoms with Crippen molar-refractivity contribution >= 4 is 12.4 Å². The highest BCUT2D eigenvalue weighted by Crippen LogP contribution is 2.41. The van der Waals surface area contributed by atoms with Crippen LogP contribution in [0.3, 0.4) is 0 Å². The standard InChI is InChI=1S/C12H15NO2.ClH/c13-10-7-12(5-6-14-8-12)15-11-4-2-1-3-9(10)11;/h1-4,10H,5-8,13H2;1H. The molecule has 3 nitrogen and oxygen atoms in total. The first-order valence-corrected chi connectivity index (χ1v) is 5.40. The van der Waals surface area contributed by atoms with Crippen molar-refractivity contribution in [3.05, 3.63) is 29.8 Å². The molecule has 88 valence electrons. The van der Waals surface area contributed by atoms with Gasteiger partial charge < -0.3 is 15.2 Å². The van der Waals surface area contributed by atoms with E-state index in [4.69, 9.17) is 15.2 Å². The van der Waals surface area contributed by atoms with Crippen LogP contribution in [0.1, 0.15) is 24.4 Å². The Balaban J connectivity index is 0.000000963. The highest BCUT2D eigenvalue weighted by Gasteiger charge is 2.42. The second-order valence-electron chi connectivity index (χ2n) is 4.44. The van der Waals surface area contributed by atoms with E-state index in [2.05, 4.69) is 0 Å². The van der Waals surface area contributed by atoms with Crippen molar-refractivity contribution in [2.75, 3.05) is 13.2 Å². The fourth-order valence-corrected chi connectivity index (χ4v) is 2.50. The first-order chi connectivity index (χ1) is 7.29. The van der Waals surface area contributed by atoms with Gasteiger partial charge in [-0.2, -0.15) is 0 Å². The summed E-state index contributed by atoms with van der Waals surface area (Å²) in [6, 6.07) is 8.11. The first kappa shape index (κ1) is 11.7. The molecule has 2 unspecified atom stereocenters. The van der Waals surface area contributed by atoms with Crippen molar-refractivity contribution in [3.8, 4) is 5.75 Å². The number of nitrogens with two attached hydrogens (primary N) is 1. The molecule has 1 aromatic carbocycles. The zero-order chi connectivity index (χ0) is 10.3. The molecule has 0 aromatic heterocycles. The lowest BCUT2D eigenvalue weighted by Crippen LogP contribution is -2.43. The molecule has 3 rings (SSSR count). The number of halogens is 1. The van der Waals surface area contributed by atoms with Gasteiger partial charge in [0.1, 0.15) is 11.4 Å². The summed E-state index contributed by atoms with van der Waals surface area (Å²) in [5, 5.41) is 0. The third kappa shape index (κ3) is 1.79. The van der Waals surface area contributed by atoms with Gasteiger partial charge >= 0.3 is 0 Å². The predicted octanol–water partition coefficient (Wildman–Crippen LogP) is 2.05. The second kappa shape index (κ2) is 4.24. The van der Waals surface area contributed by atoms with Gasteiger partial charge in [0, 0.05) is 24.4 Å². The number of hydrogen-bond acceptors (Lipinski definition) is 3. The minimum atomic E-state index is -0.159. The van der Waals surface area contributed by atoms with Crippen molar-refractivity contribution in [1.29, 1.82) is 0 Å². The normalized spacial score (nSPS) is 31.7. The number of para-hydroxylation sites is 1. The van der Waals surface area contributed by atoms with Crippen molar-refractivity contribution < 1.29 is 9.47 Å². The molecule has 2 atom stereocenters. The van der Waals surface area contributed by atoms with Gasteiger partial charge in [0.05, 0.1) is 13.2 Å². The van der Waals surface area contributed by atoms with Gasteiger partial charge in [-0.1, -0.05) is 18.2 Å². The first-order valence-electron chi connectivity index (χ1n) is 5.40. The van der Waals surface area contributed by atoms with E-state index in [1.807, 2.05) is 24.3 Å². The van der Waals surface area contributed by atoms with Gasteiger partial charge in [-0.25, -0.2) is 0 Å². The third-order valence-corrected chi connectivity index (χ3v) is 3.30. The van der Waals surface area contributed by atoms with E-state index in [1.54, 1.807) is 0 Å². The molecule has 2 N–H and O–H groups in total. The highest BCUT2D eigenvalue weighted by molar-refractivity contribution is 5.85. The fraction of sp³-hybridized carbons (Fsp3) is 0.500. The molecule has 1 saturated heterocycles. The lowest BCUT2D eigenvalue weighted by Gasteiger charge is -2.37. The van der Waals surface area contributed by atoms with Crippen molar-refractivity contribution in [1.82, 2.24) is 0 Å². The maximum Gasteiger partial charge on any atom is 0.136 e. The molecule has 1 fully saturated rings. The molecule has 2 aliphatic rings. The van der Waals surface area contributed by atoms with E-state index in [9.17, 15) is 0 Å². The number of benzene rings is 1. The van der Waals surface area contributed by atoms with Crippen molar-refractivity contribution in [2.45, 2.75) is 24.5 Å². The van der Waals surface area contributed by atoms with Crippen molar-refractivity contribution in [2.24, 2.45) is 5.73 Å². The molecular formula is C12H16ClNO2. The molecule has 2 aliphatic heterocycles. The van der Waals surface area contributed by atoms with Gasteiger partial charge in [-0.15, -0.1) is 12.4 Å². The summed E-state index contributed by atoms with van der Waals surface area (Å²) in [6.45, 7) is 1.46. The maximum absolute atomic E-state index is 6.17. The Morgan fingerprint density at radius 2 is 2.12 bits per heavy atom. The molecular weight excluding hydrogens is 226 g/mol. The lowest BCUT2D eigenvalue weighted by atomic mass is 9.87. The largest absolute Gasteiger partial charge is 0.484 e. The SMILES string of the molecule is Cl.NC1CC2(CCOC2)Oc2ccccc21. The van der Waals surface area contributed by atoms with Crippen LogP contribution in [-0.2, 0) is 4.74 Å². The zero-order valence-electron chi connectivity index (χ0n) is 9.02. The number of ether oxygens (including phenoxy) is 2. The van der Waals surface area contributed by atoms with E-state index in [0.717, 1.165) is 30.8 Å². The Bertz CT molecular complexity index is 377. The minimum Gasteiger partial charge on any atom is -0.484 e. The van der Waals surface area contributed by atoms with E-state index in [1.165, 1.54) is 0 Å². The maximum atomic E-state index is 6.17. The predicted molar refractivity (Wildman–Crippen MR) is 64.0 cm³/mol. The molecule has 4 heteroatoms. The topological polar surface area (TPSA) is 44.5 Å². The summed E-state index contributed by atoms with van der Waals surface area (Å²) in [5.74, 6) is 0.932. The summed E-state index contributed by atoms with van der Waals surface area (Å²) in [5.41, 5.74) is 7.13. The van der Waals surface area contributed by atoms with Crippen LogP contribution in [0, 0.1) is 0 Å². The van der Waals surface area contributed by atoms with Crippen LogP contribution in [0.4, 0.5) is 0 Å². The van der Waals surface area contributed by atoms with Crippen LogP contribution in [0.15, 0.2) is 24.3 Å². The summed E-state index contributed by atoms with van der Waals surface area (Å²) in [6.07, 6.45) is 1.82. The van der Waals surface area contributed by atoms with Gasteiger partial charge in [-0.05, 0) is 6.07 Å². The molecule has 16 heavy (non-hydrogen) atoms. The molecule has 0 radical (unpaired) electrons. The van der Waals surface area contributed by atoms with Crippen LogP contribution in [0.2, 0.25) is 0 Å². The average molecular weight is 242 g/mol. The summed E-state index contributed by atoms with van der Waals surface area (Å²) >= 11 is 0. The summed E-state index contributed by atoms with van der Waals surface area (Å²) < 4.78 is 11.5. The fourth-order valence-electron chi connectivity index (χ4n) is 2.50. The Morgan fingerprint density at radius 1 is 1.31 bits per heavy atom. The third-order valence-electron chi connectivity index (χ3n) is 3.30. The highest BCUT2D eigenvalue weighted by atomic mass is 35.5. The smallest absolute Gasteiger partial charge is 0.136 e. The Morgan fingerprint density at radius 3 is 2.88 bits per heavy atom. The molecule has 2 heterocycles. The summed E-state index contributed by atoms with van der Waals surface area (Å²) in [7, 11) is 0. The Hall–Kier alpha value is -0.770. The lowest BCUT2D eigenvalue weighted by molar-refractivity contribution is 0.0235. The molecule has 0 aliphatic carbocycles. The van der Waals surface area contributed by atoms with Gasteiger partial charge in [0.25, 0.3) is 0 Å². The van der Waals surface area contributed by atoms with E-state index in [0.29, 0.717) is 6.61 Å². The van der Waals surface area contributed by atoms with Crippen LogP contribution < -0.4 is 10.5 Å². The summed E-state index contributed by atoms with van der Waals surface area (Å²) in [4.78, 5) is 0. The van der Waals surface area contributed by atoms with Crippen LogP contribution in [0.5, 0.6) is 5.75 Å². The monoisotopic (exact) mass is 241 g/mol. The zero-order valence-corrected chi connectivity index (χ0v) is 9.83. The average Bonchev–Trinajstić information content (AvgIpc) is 2.66. The Labute approximate surface area is 101 Å². The van der Waals surface area contributed by atoms with Crippen molar-refractivity contribution in [3.63, 3.8) is 0 Å². The molecule has 0 amide bonds. The van der Waals surface area contributed by atoms with E-state index in [-0.39, 0.29) is 24.0 Å². The van der Waals surface area contributed by atoms with Crippen LogP contribution >= 0.6 is 12.4 Å². The minimum absolute atomic E-state index is 0. The number of hydrogen-bond donors (Lipinski definition) is 1. The number of fused-ring (bicyclic) bond motifs is 1. The van der Waals surface area contributed by atoms with Gasteiger partial charge in [0.15, 0.2) is 0 Å². The van der Waals surface area contributed by atoms with Gasteiger partial charge in [-0.3, -0.25) is 0 Å². The molecule has 0 saturated carbocycles. The molecule has 1 spiro atoms. The molecule has 0 bridgehead atoms. The van der Waals surface area contributed by atoms with Gasteiger partial charge in [0.2, 0.25) is 0 Å². The number of rotatable bonds is 0. The molecule has 1 aromatic rings. The second-order valence-corrected chi connectivity index (χ2v) is 4.44. The van der Waals surface area contributed by atoms with Crippen LogP contribution in [-0.4, -0.2) is 18.8 Å². The van der Waals surface area contributed by atoms with Crippen LogP contribution in [0.25, 0.3) is 0 Å².